The molecule has 0 fully saturated rings. The largest absolute Gasteiger partial charge is 0.494 e. The van der Waals surface area contributed by atoms with Crippen molar-refractivity contribution in [3.05, 3.63) is 126 Å². The molecule has 1 amide bonds. The fraction of sp³-hybridized carbons (Fsp3) is 0.270. The van der Waals surface area contributed by atoms with Crippen molar-refractivity contribution in [2.45, 2.75) is 51.5 Å². The molecule has 0 radical (unpaired) electrons. The standard InChI is InChI=1S/C37H40N2O5/c1-2-3-6-20-35(40)39(30-16-9-5-10-17-30)25-13-26-44-31-23-21-28(22-24-31)27-34(37(42)43)38-33-19-12-11-18-32(33)36(41)29-14-7-4-8-15-29/h4-5,7-12,14-19,21-24,34,38H,2-3,6,13,20,25-27H2,1H3,(H,42,43)/t34-/m0/s1. The van der Waals surface area contributed by atoms with Gasteiger partial charge in [-0.1, -0.05) is 92.6 Å². The highest BCUT2D eigenvalue weighted by molar-refractivity contribution is 6.12. The van der Waals surface area contributed by atoms with Crippen molar-refractivity contribution in [1.29, 1.82) is 0 Å². The van der Waals surface area contributed by atoms with Crippen molar-refractivity contribution in [2.75, 3.05) is 23.4 Å². The number of unbranched alkanes of at least 4 members (excludes halogenated alkanes) is 2. The third kappa shape index (κ3) is 9.30. The van der Waals surface area contributed by atoms with Gasteiger partial charge in [-0.3, -0.25) is 9.59 Å². The molecule has 1 atom stereocenters. The molecule has 0 bridgehead atoms. The van der Waals surface area contributed by atoms with E-state index in [-0.39, 0.29) is 18.1 Å². The van der Waals surface area contributed by atoms with Crippen LogP contribution in [0.3, 0.4) is 0 Å². The van der Waals surface area contributed by atoms with Crippen LogP contribution in [-0.2, 0) is 16.0 Å². The van der Waals surface area contributed by atoms with Crippen molar-refractivity contribution < 1.29 is 24.2 Å². The van der Waals surface area contributed by atoms with Gasteiger partial charge in [0.1, 0.15) is 11.8 Å². The number of nitrogens with one attached hydrogen (secondary N) is 1. The second-order valence-electron chi connectivity index (χ2n) is 10.7. The molecule has 0 aliphatic carbocycles. The van der Waals surface area contributed by atoms with Gasteiger partial charge in [-0.15, -0.1) is 0 Å². The van der Waals surface area contributed by atoms with Gasteiger partial charge in [0.15, 0.2) is 5.78 Å². The lowest BCUT2D eigenvalue weighted by molar-refractivity contribution is -0.137. The molecule has 0 aliphatic rings. The van der Waals surface area contributed by atoms with Crippen molar-refractivity contribution in [2.24, 2.45) is 0 Å². The molecule has 7 heteroatoms. The number of carboxylic acids is 1. The highest BCUT2D eigenvalue weighted by Gasteiger charge is 2.21. The van der Waals surface area contributed by atoms with Crippen LogP contribution in [0.5, 0.6) is 5.75 Å². The Morgan fingerprint density at radius 1 is 0.795 bits per heavy atom. The molecular weight excluding hydrogens is 552 g/mol. The zero-order valence-corrected chi connectivity index (χ0v) is 25.2. The van der Waals surface area contributed by atoms with Gasteiger partial charge in [0.25, 0.3) is 0 Å². The number of hydrogen-bond acceptors (Lipinski definition) is 5. The van der Waals surface area contributed by atoms with E-state index in [4.69, 9.17) is 4.74 Å². The summed E-state index contributed by atoms with van der Waals surface area (Å²) in [4.78, 5) is 40.0. The van der Waals surface area contributed by atoms with Crippen LogP contribution in [0, 0.1) is 0 Å². The summed E-state index contributed by atoms with van der Waals surface area (Å²) in [6.45, 7) is 3.13. The predicted molar refractivity (Wildman–Crippen MR) is 175 cm³/mol. The van der Waals surface area contributed by atoms with Crippen molar-refractivity contribution in [3.8, 4) is 5.75 Å². The molecule has 0 aromatic heterocycles. The van der Waals surface area contributed by atoms with Crippen molar-refractivity contribution >= 4 is 29.0 Å². The highest BCUT2D eigenvalue weighted by Crippen LogP contribution is 2.22. The minimum absolute atomic E-state index is 0.127. The zero-order valence-electron chi connectivity index (χ0n) is 25.2. The second-order valence-corrected chi connectivity index (χ2v) is 10.7. The number of para-hydroxylation sites is 2. The third-order valence-corrected chi connectivity index (χ3v) is 7.36. The summed E-state index contributed by atoms with van der Waals surface area (Å²) in [5.74, 6) is -0.387. The molecule has 4 rings (SSSR count). The third-order valence-electron chi connectivity index (χ3n) is 7.36. The summed E-state index contributed by atoms with van der Waals surface area (Å²) in [5, 5.41) is 13.0. The number of hydrogen-bond donors (Lipinski definition) is 2. The van der Waals surface area contributed by atoms with Crippen LogP contribution in [-0.4, -0.2) is 42.0 Å². The lowest BCUT2D eigenvalue weighted by Gasteiger charge is -2.23. The molecule has 0 spiro atoms. The number of ketones is 1. The maximum absolute atomic E-state index is 13.1. The average molecular weight is 593 g/mol. The lowest BCUT2D eigenvalue weighted by atomic mass is 10.00. The minimum atomic E-state index is -1.01. The van der Waals surface area contributed by atoms with Crippen molar-refractivity contribution in [3.63, 3.8) is 0 Å². The first kappa shape index (κ1) is 32.0. The van der Waals surface area contributed by atoms with Crippen LogP contribution >= 0.6 is 0 Å². The molecule has 7 nitrogen and oxygen atoms in total. The van der Waals surface area contributed by atoms with Crippen LogP contribution in [0.25, 0.3) is 0 Å². The van der Waals surface area contributed by atoms with E-state index in [1.165, 1.54) is 0 Å². The van der Waals surface area contributed by atoms with Gasteiger partial charge in [0.05, 0.1) is 6.61 Å². The molecule has 4 aromatic rings. The van der Waals surface area contributed by atoms with E-state index in [0.717, 1.165) is 30.5 Å². The predicted octanol–water partition coefficient (Wildman–Crippen LogP) is 7.41. The number of aliphatic carboxylic acids is 1. The molecule has 44 heavy (non-hydrogen) atoms. The second kappa shape index (κ2) is 16.7. The molecule has 0 saturated carbocycles. The number of benzene rings is 4. The molecule has 0 aliphatic heterocycles. The number of amides is 1. The molecular formula is C37H40N2O5. The first-order chi connectivity index (χ1) is 21.5. The Morgan fingerprint density at radius 2 is 1.45 bits per heavy atom. The maximum Gasteiger partial charge on any atom is 0.326 e. The lowest BCUT2D eigenvalue weighted by Crippen LogP contribution is -2.32. The Kier molecular flexibility index (Phi) is 12.1. The van der Waals surface area contributed by atoms with E-state index >= 15 is 0 Å². The molecule has 0 saturated heterocycles. The monoisotopic (exact) mass is 592 g/mol. The summed E-state index contributed by atoms with van der Waals surface area (Å²) < 4.78 is 5.95. The van der Waals surface area contributed by atoms with E-state index < -0.39 is 12.0 Å². The van der Waals surface area contributed by atoms with E-state index in [2.05, 4.69) is 12.2 Å². The number of anilines is 2. The molecule has 0 unspecified atom stereocenters. The number of carbonyl (C=O) groups is 3. The van der Waals surface area contributed by atoms with Crippen LogP contribution in [0.1, 0.15) is 60.5 Å². The number of carboxylic acid groups (broad SMARTS) is 1. The van der Waals surface area contributed by atoms with E-state index in [0.29, 0.717) is 48.6 Å². The van der Waals surface area contributed by atoms with E-state index in [1.54, 1.807) is 48.5 Å². The van der Waals surface area contributed by atoms with Crippen LogP contribution in [0.4, 0.5) is 11.4 Å². The average Bonchev–Trinajstić information content (AvgIpc) is 3.06. The normalized spacial score (nSPS) is 11.4. The Bertz CT molecular complexity index is 1490. The molecule has 4 aromatic carbocycles. The number of carbonyl (C=O) groups excluding carboxylic acids is 2. The maximum atomic E-state index is 13.1. The summed E-state index contributed by atoms with van der Waals surface area (Å²) in [6, 6.07) is 32.0. The molecule has 228 valence electrons. The Labute approximate surface area is 259 Å². The summed E-state index contributed by atoms with van der Waals surface area (Å²) >= 11 is 0. The first-order valence-corrected chi connectivity index (χ1v) is 15.2. The van der Waals surface area contributed by atoms with Gasteiger partial charge in [-0.25, -0.2) is 4.79 Å². The number of rotatable bonds is 17. The number of nitrogens with zero attached hydrogens (tertiary/aromatic N) is 1. The van der Waals surface area contributed by atoms with Crippen molar-refractivity contribution in [1.82, 2.24) is 0 Å². The number of ether oxygens (including phenoxy) is 1. The summed E-state index contributed by atoms with van der Waals surface area (Å²) in [5.41, 5.74) is 3.14. The molecule has 2 N–H and O–H groups in total. The van der Waals surface area contributed by atoms with Gasteiger partial charge >= 0.3 is 5.97 Å². The van der Waals surface area contributed by atoms with Crippen LogP contribution in [0.15, 0.2) is 109 Å². The zero-order chi connectivity index (χ0) is 31.1. The van der Waals surface area contributed by atoms with Gasteiger partial charge in [-0.05, 0) is 54.8 Å². The Morgan fingerprint density at radius 3 is 2.14 bits per heavy atom. The fourth-order valence-electron chi connectivity index (χ4n) is 4.98. The van der Waals surface area contributed by atoms with Gasteiger partial charge < -0.3 is 20.1 Å². The van der Waals surface area contributed by atoms with Gasteiger partial charge in [0.2, 0.25) is 5.91 Å². The summed E-state index contributed by atoms with van der Waals surface area (Å²) in [6.07, 6.45) is 4.42. The Balaban J connectivity index is 1.32. The Hall–Kier alpha value is -4.91. The minimum Gasteiger partial charge on any atom is -0.494 e. The topological polar surface area (TPSA) is 95.9 Å². The highest BCUT2D eigenvalue weighted by atomic mass is 16.5. The van der Waals surface area contributed by atoms with Gasteiger partial charge in [0, 0.05) is 41.9 Å². The summed E-state index contributed by atoms with van der Waals surface area (Å²) in [7, 11) is 0. The van der Waals surface area contributed by atoms with Crippen LogP contribution in [0.2, 0.25) is 0 Å². The molecule has 0 heterocycles. The van der Waals surface area contributed by atoms with Gasteiger partial charge in [-0.2, -0.15) is 0 Å². The SMILES string of the molecule is CCCCCC(=O)N(CCCOc1ccc(C[C@H](Nc2ccccc2C(=O)c2ccccc2)C(=O)O)cc1)c1ccccc1. The van der Waals surface area contributed by atoms with E-state index in [1.807, 2.05) is 65.6 Å². The van der Waals surface area contributed by atoms with Crippen LogP contribution < -0.4 is 15.0 Å². The smallest absolute Gasteiger partial charge is 0.326 e. The fourth-order valence-corrected chi connectivity index (χ4v) is 4.98. The quantitative estimate of drug-likeness (QED) is 0.0979. The first-order valence-electron chi connectivity index (χ1n) is 15.2. The van der Waals surface area contributed by atoms with E-state index in [9.17, 15) is 19.5 Å².